The predicted octanol–water partition coefficient (Wildman–Crippen LogP) is 5.05. The summed E-state index contributed by atoms with van der Waals surface area (Å²) >= 11 is 0. The molecule has 8 nitrogen and oxygen atoms in total. The van der Waals surface area contributed by atoms with Crippen molar-refractivity contribution in [1.82, 2.24) is 4.98 Å². The van der Waals surface area contributed by atoms with E-state index in [1.165, 1.54) is 6.92 Å². The number of aliphatic hydroxyl groups is 2. The van der Waals surface area contributed by atoms with Gasteiger partial charge < -0.3 is 24.4 Å². The molecule has 0 fully saturated rings. The zero-order chi connectivity index (χ0) is 29.2. The van der Waals surface area contributed by atoms with Crippen molar-refractivity contribution in [2.75, 3.05) is 6.61 Å². The van der Waals surface area contributed by atoms with Crippen molar-refractivity contribution in [2.45, 2.75) is 97.6 Å². The van der Waals surface area contributed by atoms with Gasteiger partial charge in [-0.25, -0.2) is 4.98 Å². The molecular weight excluding hydrogens is 498 g/mol. The van der Waals surface area contributed by atoms with Gasteiger partial charge in [0.15, 0.2) is 0 Å². The highest BCUT2D eigenvalue weighted by Gasteiger charge is 2.35. The lowest BCUT2D eigenvalue weighted by Gasteiger charge is -2.32. The summed E-state index contributed by atoms with van der Waals surface area (Å²) in [5.74, 6) is -0.297. The van der Waals surface area contributed by atoms with Gasteiger partial charge in [-0.1, -0.05) is 58.1 Å². The topological polar surface area (TPSA) is 115 Å². The molecule has 1 aromatic rings. The first kappa shape index (κ1) is 32.2. The van der Waals surface area contributed by atoms with Gasteiger partial charge in [-0.05, 0) is 50.3 Å². The minimum atomic E-state index is -1.41. The minimum absolute atomic E-state index is 0.0229. The van der Waals surface area contributed by atoms with Crippen LogP contribution in [0.4, 0.5) is 0 Å². The maximum absolute atomic E-state index is 12.6. The first-order chi connectivity index (χ1) is 18.3. The van der Waals surface area contributed by atoms with Crippen molar-refractivity contribution in [1.29, 1.82) is 0 Å². The molecule has 2 rings (SSSR count). The average Bonchev–Trinajstić information content (AvgIpc) is 2.86. The molecule has 0 aromatic carbocycles. The Bertz CT molecular complexity index is 1040. The number of ether oxygens (including phenoxy) is 3. The van der Waals surface area contributed by atoms with Crippen LogP contribution in [0.15, 0.2) is 54.2 Å². The van der Waals surface area contributed by atoms with Crippen LogP contribution < -0.4 is 4.74 Å². The van der Waals surface area contributed by atoms with E-state index in [1.807, 2.05) is 57.2 Å². The highest BCUT2D eigenvalue weighted by Crippen LogP contribution is 2.27. The monoisotopic (exact) mass is 543 g/mol. The maximum atomic E-state index is 12.6. The Morgan fingerprint density at radius 3 is 2.64 bits per heavy atom. The Morgan fingerprint density at radius 2 is 1.97 bits per heavy atom. The van der Waals surface area contributed by atoms with E-state index in [0.29, 0.717) is 18.4 Å². The normalized spacial score (nSPS) is 28.8. The van der Waals surface area contributed by atoms with Gasteiger partial charge in [-0.15, -0.1) is 0 Å². The van der Waals surface area contributed by atoms with Gasteiger partial charge in [0.2, 0.25) is 5.88 Å². The molecule has 0 saturated carbocycles. The molecule has 8 heteroatoms. The fraction of sp³-hybridized carbons (Fsp3) is 0.581. The highest BCUT2D eigenvalue weighted by molar-refractivity contribution is 5.70. The molecule has 6 atom stereocenters. The Kier molecular flexibility index (Phi) is 12.4. The van der Waals surface area contributed by atoms with E-state index < -0.39 is 35.9 Å². The third-order valence-corrected chi connectivity index (χ3v) is 6.60. The Labute approximate surface area is 232 Å². The lowest BCUT2D eigenvalue weighted by Crippen LogP contribution is -2.42. The Balaban J connectivity index is 2.25. The van der Waals surface area contributed by atoms with Crippen molar-refractivity contribution in [3.8, 4) is 5.88 Å². The number of aromatic nitrogens is 1. The van der Waals surface area contributed by atoms with Crippen molar-refractivity contribution in [2.24, 2.45) is 11.8 Å². The zero-order valence-electron chi connectivity index (χ0n) is 24.3. The van der Waals surface area contributed by atoms with Gasteiger partial charge in [0.1, 0.15) is 17.8 Å². The molecule has 1 aromatic heterocycles. The first-order valence-corrected chi connectivity index (χ1v) is 13.7. The number of carbonyl (C=O) groups excluding carboxylic acids is 2. The van der Waals surface area contributed by atoms with Crippen LogP contribution in [0, 0.1) is 11.8 Å². The van der Waals surface area contributed by atoms with E-state index in [-0.39, 0.29) is 31.1 Å². The second-order valence-corrected chi connectivity index (χ2v) is 11.1. The Morgan fingerprint density at radius 1 is 1.26 bits per heavy atom. The number of esters is 2. The zero-order valence-corrected chi connectivity index (χ0v) is 24.3. The number of pyridine rings is 1. The van der Waals surface area contributed by atoms with Crippen LogP contribution in [0.2, 0.25) is 0 Å². The summed E-state index contributed by atoms with van der Waals surface area (Å²) in [6.45, 7) is 13.4. The van der Waals surface area contributed by atoms with Crippen molar-refractivity contribution in [3.05, 3.63) is 59.8 Å². The second-order valence-electron chi connectivity index (χ2n) is 11.1. The lowest BCUT2D eigenvalue weighted by molar-refractivity contribution is -0.157. The summed E-state index contributed by atoms with van der Waals surface area (Å²) in [6.07, 6.45) is 6.82. The molecule has 39 heavy (non-hydrogen) atoms. The van der Waals surface area contributed by atoms with Gasteiger partial charge >= 0.3 is 11.9 Å². The molecule has 0 radical (unpaired) electrons. The van der Waals surface area contributed by atoms with Gasteiger partial charge in [-0.2, -0.15) is 0 Å². The van der Waals surface area contributed by atoms with E-state index in [1.54, 1.807) is 19.1 Å². The largest absolute Gasteiger partial charge is 0.477 e. The van der Waals surface area contributed by atoms with Crippen LogP contribution in [0.25, 0.3) is 0 Å². The summed E-state index contributed by atoms with van der Waals surface area (Å²) in [6, 6.07) is 5.73. The predicted molar refractivity (Wildman–Crippen MR) is 150 cm³/mol. The van der Waals surface area contributed by atoms with Gasteiger partial charge in [0, 0.05) is 24.8 Å². The number of cyclic esters (lactones) is 1. The van der Waals surface area contributed by atoms with Crippen LogP contribution >= 0.6 is 0 Å². The standard InChI is InChI=1S/C31H45NO7/c1-20(2)19-37-28-13-9-12-26(32-28)21(3)10-8-11-22(4)30-23(5)14-15-27(38-24(6)33)31(7,36)17-16-25(34)18-29(35)39-30/h8-15,20-21,23,25,27,30,34,36H,16-19H2,1-7H3/b10-8+,15-14+,22-11+/t21?,23-,25-,27+,30+,31-/m0/s1. The minimum Gasteiger partial charge on any atom is -0.477 e. The number of aliphatic hydroxyl groups excluding tert-OH is 1. The van der Waals surface area contributed by atoms with E-state index in [2.05, 4.69) is 18.8 Å². The maximum Gasteiger partial charge on any atom is 0.309 e. The average molecular weight is 544 g/mol. The summed E-state index contributed by atoms with van der Waals surface area (Å²) in [5, 5.41) is 21.3. The van der Waals surface area contributed by atoms with Crippen LogP contribution in [0.1, 0.15) is 79.3 Å². The molecular formula is C31H45NO7. The first-order valence-electron chi connectivity index (χ1n) is 13.7. The van der Waals surface area contributed by atoms with Crippen LogP contribution in [0.5, 0.6) is 5.88 Å². The molecule has 216 valence electrons. The van der Waals surface area contributed by atoms with Crippen molar-refractivity contribution < 1.29 is 34.0 Å². The van der Waals surface area contributed by atoms with Crippen LogP contribution in [-0.2, 0) is 19.1 Å². The molecule has 0 aliphatic carbocycles. The molecule has 1 unspecified atom stereocenters. The quantitative estimate of drug-likeness (QED) is 0.266. The second kappa shape index (κ2) is 15.0. The van der Waals surface area contributed by atoms with Crippen molar-refractivity contribution >= 4 is 11.9 Å². The fourth-order valence-electron chi connectivity index (χ4n) is 4.21. The smallest absolute Gasteiger partial charge is 0.309 e. The third kappa shape index (κ3) is 11.0. The van der Waals surface area contributed by atoms with E-state index in [0.717, 1.165) is 11.3 Å². The highest BCUT2D eigenvalue weighted by atomic mass is 16.6. The summed E-state index contributed by atoms with van der Waals surface area (Å²) in [7, 11) is 0. The lowest BCUT2D eigenvalue weighted by atomic mass is 9.88. The van der Waals surface area contributed by atoms with Gasteiger partial charge in [0.05, 0.1) is 24.8 Å². The molecule has 0 saturated heterocycles. The molecule has 1 aliphatic heterocycles. The summed E-state index contributed by atoms with van der Waals surface area (Å²) < 4.78 is 16.9. The molecule has 0 bridgehead atoms. The molecule has 0 amide bonds. The molecule has 0 spiro atoms. The number of allylic oxidation sites excluding steroid dienone is 3. The number of hydrogen-bond acceptors (Lipinski definition) is 8. The Hall–Kier alpha value is -2.97. The van der Waals surface area contributed by atoms with E-state index in [4.69, 9.17) is 14.2 Å². The number of nitrogens with zero attached hydrogens (tertiary/aromatic N) is 1. The molecule has 2 N–H and O–H groups in total. The van der Waals surface area contributed by atoms with E-state index in [9.17, 15) is 19.8 Å². The van der Waals surface area contributed by atoms with Crippen LogP contribution in [-0.4, -0.2) is 57.7 Å². The summed E-state index contributed by atoms with van der Waals surface area (Å²) in [4.78, 5) is 28.9. The number of hydrogen-bond donors (Lipinski definition) is 2. The SMILES string of the molecule is CC(=O)O[C@@H]1/C=C/[C@H](C)[C@@H](/C(C)=C/C=C/C(C)c2cccc(OCC(C)C)n2)OC(=O)C[C@@H](O)CC[C@]1(C)O. The van der Waals surface area contributed by atoms with E-state index >= 15 is 0 Å². The third-order valence-electron chi connectivity index (χ3n) is 6.60. The van der Waals surface area contributed by atoms with Gasteiger partial charge in [-0.3, -0.25) is 9.59 Å². The van der Waals surface area contributed by atoms with Crippen LogP contribution in [0.3, 0.4) is 0 Å². The summed E-state index contributed by atoms with van der Waals surface area (Å²) in [5.41, 5.74) is 0.272. The molecule has 2 heterocycles. The number of rotatable bonds is 8. The fourth-order valence-corrected chi connectivity index (χ4v) is 4.21. The van der Waals surface area contributed by atoms with Gasteiger partial charge in [0.25, 0.3) is 0 Å². The van der Waals surface area contributed by atoms with Crippen molar-refractivity contribution in [3.63, 3.8) is 0 Å². The number of carbonyl (C=O) groups is 2. The molecule has 1 aliphatic rings.